The number of hydrogen-bond donors (Lipinski definition) is 3. The number of esters is 2. The van der Waals surface area contributed by atoms with E-state index < -0.39 is 47.9 Å². The second kappa shape index (κ2) is 23.7. The summed E-state index contributed by atoms with van der Waals surface area (Å²) < 4.78 is 32.1. The minimum absolute atomic E-state index is 0.0221. The summed E-state index contributed by atoms with van der Waals surface area (Å²) in [5, 5.41) is 31.8. The molecule has 2 bridgehead atoms. The van der Waals surface area contributed by atoms with Gasteiger partial charge in [0.1, 0.15) is 16.9 Å². The summed E-state index contributed by atoms with van der Waals surface area (Å²) in [6.45, 7) is 2.48. The zero-order chi connectivity index (χ0) is 49.9. The second-order valence-corrected chi connectivity index (χ2v) is 19.5. The van der Waals surface area contributed by atoms with Gasteiger partial charge in [0.25, 0.3) is 0 Å². The molecule has 0 saturated heterocycles. The Morgan fingerprint density at radius 2 is 1.48 bits per heavy atom. The van der Waals surface area contributed by atoms with Crippen molar-refractivity contribution in [3.63, 3.8) is 0 Å². The number of aliphatic hydroxyl groups excluding tert-OH is 3. The monoisotopic (exact) mass is 962 g/mol. The van der Waals surface area contributed by atoms with Crippen molar-refractivity contribution in [1.82, 2.24) is 0 Å². The van der Waals surface area contributed by atoms with Crippen LogP contribution in [0.1, 0.15) is 114 Å². The van der Waals surface area contributed by atoms with Gasteiger partial charge in [-0.15, -0.1) is 0 Å². The molecule has 6 aromatic rings. The van der Waals surface area contributed by atoms with Crippen LogP contribution in [-0.4, -0.2) is 65.9 Å². The fraction of sp³-hybridized carbons (Fsp3) is 0.383. The van der Waals surface area contributed by atoms with E-state index in [4.69, 9.17) is 23.4 Å². The van der Waals surface area contributed by atoms with Crippen LogP contribution in [0, 0.1) is 5.92 Å². The van der Waals surface area contributed by atoms with Crippen LogP contribution in [-0.2, 0) is 62.5 Å². The molecule has 71 heavy (non-hydrogen) atoms. The second-order valence-electron chi connectivity index (χ2n) is 19.5. The maximum Gasteiger partial charge on any atom is 0.340 e. The quantitative estimate of drug-likeness (QED) is 0.0481. The summed E-state index contributed by atoms with van der Waals surface area (Å²) in [5.74, 6) is -1.70. The van der Waals surface area contributed by atoms with Crippen molar-refractivity contribution in [2.45, 2.75) is 115 Å². The van der Waals surface area contributed by atoms with Gasteiger partial charge in [-0.05, 0) is 141 Å². The standard InChI is InChI=1S/C60H66O11/c1-39(36-62)48-26-25-41-19-21-44(22-20-41)34-46(24-23-43-16-10-17-45(33-43)32-42-14-8-5-9-15-42)35-52(64)68-56-54-51(71-60(2,57(56)70-58(48)65)30-11-18-40-12-6-4-7-13-40)28-27-49-50(37-63)53(59(66)69-55(49)54)47(29-31-61)38-67-3/h4-10,12-17,19-22,27-28,33,46-47,56-57,61-63H,11,18,23-26,29-32,34-38H2,1-3H3. The van der Waals surface area contributed by atoms with Crippen molar-refractivity contribution in [2.75, 3.05) is 26.9 Å². The molecule has 3 aliphatic heterocycles. The van der Waals surface area contributed by atoms with Gasteiger partial charge in [0.2, 0.25) is 0 Å². The highest BCUT2D eigenvalue weighted by Gasteiger charge is 2.53. The van der Waals surface area contributed by atoms with E-state index >= 15 is 0 Å². The Labute approximate surface area is 416 Å². The highest BCUT2D eigenvalue weighted by atomic mass is 16.6. The van der Waals surface area contributed by atoms with E-state index in [-0.39, 0.29) is 73.0 Å². The van der Waals surface area contributed by atoms with Crippen LogP contribution in [0.25, 0.3) is 11.0 Å². The van der Waals surface area contributed by atoms with Gasteiger partial charge in [-0.3, -0.25) is 4.79 Å². The molecule has 0 amide bonds. The number of rotatable bonds is 16. The molecule has 0 radical (unpaired) electrons. The predicted molar refractivity (Wildman–Crippen MR) is 272 cm³/mol. The van der Waals surface area contributed by atoms with E-state index in [0.29, 0.717) is 55.1 Å². The smallest absolute Gasteiger partial charge is 0.340 e. The lowest BCUT2D eigenvalue weighted by Gasteiger charge is -2.45. The summed E-state index contributed by atoms with van der Waals surface area (Å²) in [4.78, 5) is 44.1. The molecule has 3 aliphatic rings. The molecule has 0 aliphatic carbocycles. The van der Waals surface area contributed by atoms with Gasteiger partial charge in [0.05, 0.1) is 25.4 Å². The SMILES string of the molecule is COCC(CCO)c1c(CO)c2ccc3c(c2oc1=O)C1OC(=O)CC(CCc2cccc(Cc4ccccc4)c2)Cc2ccc(cc2)CCC(=C(C)CO)C(=O)OC1C(C)(CCCc1ccccc1)O3. The molecule has 372 valence electrons. The molecule has 1 aromatic heterocycles. The minimum atomic E-state index is -1.34. The largest absolute Gasteiger partial charge is 0.483 e. The van der Waals surface area contributed by atoms with Gasteiger partial charge in [0, 0.05) is 42.6 Å². The summed E-state index contributed by atoms with van der Waals surface area (Å²) >= 11 is 0. The van der Waals surface area contributed by atoms with Gasteiger partial charge in [-0.1, -0.05) is 109 Å². The third-order valence-corrected chi connectivity index (χ3v) is 14.4. The van der Waals surface area contributed by atoms with Crippen molar-refractivity contribution < 1.29 is 48.3 Å². The number of methoxy groups -OCH3 is 1. The Hall–Kier alpha value is -6.37. The molecule has 11 heteroatoms. The first-order valence-corrected chi connectivity index (χ1v) is 25.0. The molecular formula is C60H66O11. The van der Waals surface area contributed by atoms with Crippen LogP contribution in [0.15, 0.2) is 142 Å². The van der Waals surface area contributed by atoms with Crippen LogP contribution in [0.2, 0.25) is 0 Å². The topological polar surface area (TPSA) is 162 Å². The summed E-state index contributed by atoms with van der Waals surface area (Å²) in [7, 11) is 1.50. The average Bonchev–Trinajstić information content (AvgIpc) is 3.37. The Morgan fingerprint density at radius 3 is 2.18 bits per heavy atom. The predicted octanol–water partition coefficient (Wildman–Crippen LogP) is 9.80. The molecule has 0 spiro atoms. The maximum absolute atomic E-state index is 15.0. The summed E-state index contributed by atoms with van der Waals surface area (Å²) in [6, 6.07) is 40.7. The average molecular weight is 963 g/mol. The van der Waals surface area contributed by atoms with Crippen molar-refractivity contribution in [2.24, 2.45) is 5.92 Å². The van der Waals surface area contributed by atoms with Gasteiger partial charge >= 0.3 is 17.6 Å². The molecule has 11 nitrogen and oxygen atoms in total. The number of carbonyl (C=O) groups excluding carboxylic acids is 2. The Morgan fingerprint density at radius 1 is 0.775 bits per heavy atom. The van der Waals surface area contributed by atoms with Crippen LogP contribution < -0.4 is 10.4 Å². The lowest BCUT2D eigenvalue weighted by atomic mass is 9.81. The van der Waals surface area contributed by atoms with E-state index in [0.717, 1.165) is 29.5 Å². The third kappa shape index (κ3) is 12.2. The van der Waals surface area contributed by atoms with Gasteiger partial charge in [-0.25, -0.2) is 9.59 Å². The molecule has 9 rings (SSSR count). The van der Waals surface area contributed by atoms with Crippen molar-refractivity contribution >= 4 is 22.9 Å². The highest BCUT2D eigenvalue weighted by Crippen LogP contribution is 2.49. The number of ether oxygens (including phenoxy) is 4. The number of benzene rings is 5. The van der Waals surface area contributed by atoms with Crippen LogP contribution in [0.4, 0.5) is 0 Å². The zero-order valence-corrected chi connectivity index (χ0v) is 41.1. The first-order chi connectivity index (χ1) is 34.5. The Balaban J connectivity index is 1.23. The van der Waals surface area contributed by atoms with E-state index in [9.17, 15) is 29.7 Å². The van der Waals surface area contributed by atoms with Gasteiger partial charge in [-0.2, -0.15) is 0 Å². The molecule has 3 N–H and O–H groups in total. The minimum Gasteiger partial charge on any atom is -0.483 e. The normalized spacial score (nSPS) is 20.6. The molecular weight excluding hydrogens is 897 g/mol. The van der Waals surface area contributed by atoms with Crippen LogP contribution >= 0.6 is 0 Å². The van der Waals surface area contributed by atoms with Gasteiger partial charge < -0.3 is 38.7 Å². The molecule has 4 heterocycles. The Bertz CT molecular complexity index is 2850. The van der Waals surface area contributed by atoms with Crippen LogP contribution in [0.3, 0.4) is 0 Å². The van der Waals surface area contributed by atoms with Crippen molar-refractivity contribution in [3.05, 3.63) is 193 Å². The number of carbonyl (C=O) groups is 2. The first-order valence-electron chi connectivity index (χ1n) is 25.0. The van der Waals surface area contributed by atoms with Crippen molar-refractivity contribution in [1.29, 1.82) is 0 Å². The zero-order valence-electron chi connectivity index (χ0n) is 41.1. The van der Waals surface area contributed by atoms with E-state index in [1.54, 1.807) is 19.1 Å². The molecule has 0 fully saturated rings. The fourth-order valence-corrected chi connectivity index (χ4v) is 10.5. The number of aryl methyl sites for hydroxylation is 3. The molecule has 5 atom stereocenters. The summed E-state index contributed by atoms with van der Waals surface area (Å²) in [6.07, 6.45) is 2.84. The summed E-state index contributed by atoms with van der Waals surface area (Å²) in [5.41, 5.74) is 6.16. The maximum atomic E-state index is 15.0. The molecule has 0 saturated carbocycles. The third-order valence-electron chi connectivity index (χ3n) is 14.4. The van der Waals surface area contributed by atoms with E-state index in [1.165, 1.54) is 23.8 Å². The van der Waals surface area contributed by atoms with Crippen molar-refractivity contribution in [3.8, 4) is 5.75 Å². The number of aliphatic hydroxyl groups is 3. The lowest BCUT2D eigenvalue weighted by molar-refractivity contribution is -0.192. The lowest BCUT2D eigenvalue weighted by Crippen LogP contribution is -2.54. The fourth-order valence-electron chi connectivity index (χ4n) is 10.5. The van der Waals surface area contributed by atoms with E-state index in [2.05, 4.69) is 72.8 Å². The highest BCUT2D eigenvalue weighted by molar-refractivity contribution is 5.90. The van der Waals surface area contributed by atoms with E-state index in [1.807, 2.05) is 43.3 Å². The molecule has 5 aromatic carbocycles. The molecule has 5 unspecified atom stereocenters. The number of hydrogen-bond acceptors (Lipinski definition) is 11. The Kier molecular flexibility index (Phi) is 17.0. The number of fused-ring (bicyclic) bond motifs is 13. The van der Waals surface area contributed by atoms with Gasteiger partial charge in [0.15, 0.2) is 12.2 Å². The van der Waals surface area contributed by atoms with Crippen LogP contribution in [0.5, 0.6) is 5.75 Å². The first kappa shape index (κ1) is 51.0.